The lowest BCUT2D eigenvalue weighted by atomic mass is 10.1. The number of nitrogens with zero attached hydrogens (tertiary/aromatic N) is 5. The van der Waals surface area contributed by atoms with E-state index < -0.39 is 0 Å². The Bertz CT molecular complexity index is 1190. The number of carbonyl (C=O) groups excluding carboxylic acids is 1. The Kier molecular flexibility index (Phi) is 5.66. The van der Waals surface area contributed by atoms with Crippen LogP contribution in [0.15, 0.2) is 59.4 Å². The van der Waals surface area contributed by atoms with Gasteiger partial charge < -0.3 is 5.32 Å². The number of nitrogens with one attached hydrogen (secondary N) is 1. The van der Waals surface area contributed by atoms with Crippen molar-refractivity contribution in [1.82, 2.24) is 25.2 Å². The van der Waals surface area contributed by atoms with Crippen molar-refractivity contribution in [3.05, 3.63) is 75.5 Å². The van der Waals surface area contributed by atoms with Gasteiger partial charge in [-0.3, -0.25) is 9.59 Å². The minimum Gasteiger partial charge on any atom is -0.300 e. The highest BCUT2D eigenvalue weighted by molar-refractivity contribution is 7.15. The number of hydrogen-bond acceptors (Lipinski definition) is 7. The van der Waals surface area contributed by atoms with E-state index in [1.807, 2.05) is 18.2 Å². The third-order valence-electron chi connectivity index (χ3n) is 4.36. The molecule has 1 N–H and O–H groups in total. The minimum absolute atomic E-state index is 0.0891. The number of aromatic nitrogens is 5. The topological polar surface area (TPSA) is 103 Å². The maximum absolute atomic E-state index is 12.4. The van der Waals surface area contributed by atoms with E-state index in [1.165, 1.54) is 21.6 Å². The Hall–Kier alpha value is -3.46. The standard InChI is InChI=1S/C20H18N6O2S/c27-17(12-13-26-19(28)15-8-4-5-9-16(15)22-25-26)21-20-24-23-18(29-20)11-10-14-6-2-1-3-7-14/h1-9H,10-13H2,(H,21,24,27). The number of carbonyl (C=O) groups is 1. The molecule has 1 amide bonds. The van der Waals surface area contributed by atoms with Crippen LogP contribution in [-0.4, -0.2) is 31.1 Å². The first kappa shape index (κ1) is 18.9. The monoisotopic (exact) mass is 406 g/mol. The molecule has 0 radical (unpaired) electrons. The van der Waals surface area contributed by atoms with E-state index in [-0.39, 0.29) is 24.4 Å². The zero-order chi connectivity index (χ0) is 20.1. The predicted molar refractivity (Wildman–Crippen MR) is 111 cm³/mol. The van der Waals surface area contributed by atoms with E-state index in [9.17, 15) is 9.59 Å². The van der Waals surface area contributed by atoms with Gasteiger partial charge in [-0.25, -0.2) is 4.68 Å². The Morgan fingerprint density at radius 3 is 2.62 bits per heavy atom. The van der Waals surface area contributed by atoms with Crippen LogP contribution in [0, 0.1) is 0 Å². The Morgan fingerprint density at radius 1 is 0.966 bits per heavy atom. The molecule has 2 heterocycles. The van der Waals surface area contributed by atoms with Gasteiger partial charge >= 0.3 is 0 Å². The van der Waals surface area contributed by atoms with Crippen molar-refractivity contribution in [2.45, 2.75) is 25.8 Å². The molecule has 0 saturated carbocycles. The molecule has 4 aromatic rings. The summed E-state index contributed by atoms with van der Waals surface area (Å²) in [6.07, 6.45) is 1.72. The van der Waals surface area contributed by atoms with Crippen molar-refractivity contribution in [2.75, 3.05) is 5.32 Å². The highest BCUT2D eigenvalue weighted by Crippen LogP contribution is 2.17. The number of anilines is 1. The maximum Gasteiger partial charge on any atom is 0.277 e. The summed E-state index contributed by atoms with van der Waals surface area (Å²) in [7, 11) is 0. The largest absolute Gasteiger partial charge is 0.300 e. The predicted octanol–water partition coefficient (Wildman–Crippen LogP) is 2.46. The quantitative estimate of drug-likeness (QED) is 0.506. The smallest absolute Gasteiger partial charge is 0.277 e. The van der Waals surface area contributed by atoms with Gasteiger partial charge in [0, 0.05) is 12.8 Å². The molecule has 0 atom stereocenters. The average molecular weight is 406 g/mol. The van der Waals surface area contributed by atoms with Crippen LogP contribution in [0.4, 0.5) is 5.13 Å². The molecule has 0 aliphatic heterocycles. The van der Waals surface area contributed by atoms with Gasteiger partial charge in [-0.2, -0.15) is 0 Å². The number of rotatable bonds is 7. The van der Waals surface area contributed by atoms with Crippen LogP contribution in [0.5, 0.6) is 0 Å². The fourth-order valence-electron chi connectivity index (χ4n) is 2.86. The molecule has 146 valence electrons. The molecule has 0 bridgehead atoms. The van der Waals surface area contributed by atoms with Crippen LogP contribution in [0.2, 0.25) is 0 Å². The molecule has 29 heavy (non-hydrogen) atoms. The van der Waals surface area contributed by atoms with Gasteiger partial charge in [0.05, 0.1) is 11.9 Å². The molecular formula is C20H18N6O2S. The highest BCUT2D eigenvalue weighted by atomic mass is 32.1. The van der Waals surface area contributed by atoms with Crippen LogP contribution < -0.4 is 10.9 Å². The minimum atomic E-state index is -0.262. The number of benzene rings is 2. The lowest BCUT2D eigenvalue weighted by Gasteiger charge is -2.04. The first-order valence-electron chi connectivity index (χ1n) is 9.18. The van der Waals surface area contributed by atoms with Crippen LogP contribution >= 0.6 is 11.3 Å². The maximum atomic E-state index is 12.4. The second kappa shape index (κ2) is 8.70. The molecule has 2 aromatic carbocycles. The first-order valence-corrected chi connectivity index (χ1v) is 9.99. The molecule has 8 nitrogen and oxygen atoms in total. The number of amides is 1. The van der Waals surface area contributed by atoms with E-state index in [0.29, 0.717) is 16.0 Å². The van der Waals surface area contributed by atoms with Gasteiger partial charge in [-0.15, -0.1) is 15.3 Å². The molecule has 2 aromatic heterocycles. The normalized spacial score (nSPS) is 10.9. The lowest BCUT2D eigenvalue weighted by Crippen LogP contribution is -2.26. The second-order valence-electron chi connectivity index (χ2n) is 6.42. The average Bonchev–Trinajstić information content (AvgIpc) is 3.20. The summed E-state index contributed by atoms with van der Waals surface area (Å²) < 4.78 is 1.20. The molecule has 0 fully saturated rings. The van der Waals surface area contributed by atoms with Crippen molar-refractivity contribution in [3.8, 4) is 0 Å². The van der Waals surface area contributed by atoms with Crippen molar-refractivity contribution >= 4 is 33.3 Å². The highest BCUT2D eigenvalue weighted by Gasteiger charge is 2.11. The lowest BCUT2D eigenvalue weighted by molar-refractivity contribution is -0.116. The number of aryl methyl sites for hydroxylation is 3. The van der Waals surface area contributed by atoms with Crippen LogP contribution in [-0.2, 0) is 24.2 Å². The van der Waals surface area contributed by atoms with E-state index in [4.69, 9.17) is 0 Å². The van der Waals surface area contributed by atoms with E-state index in [2.05, 4.69) is 38.0 Å². The summed E-state index contributed by atoms with van der Waals surface area (Å²) in [5, 5.41) is 20.6. The van der Waals surface area contributed by atoms with Crippen molar-refractivity contribution in [1.29, 1.82) is 0 Å². The van der Waals surface area contributed by atoms with Crippen LogP contribution in [0.3, 0.4) is 0 Å². The van der Waals surface area contributed by atoms with Gasteiger partial charge in [0.2, 0.25) is 11.0 Å². The van der Waals surface area contributed by atoms with Crippen LogP contribution in [0.25, 0.3) is 10.9 Å². The molecule has 9 heteroatoms. The number of fused-ring (bicyclic) bond motifs is 1. The van der Waals surface area contributed by atoms with E-state index in [0.717, 1.165) is 17.8 Å². The van der Waals surface area contributed by atoms with Crippen LogP contribution in [0.1, 0.15) is 17.0 Å². The molecule has 0 unspecified atom stereocenters. The van der Waals surface area contributed by atoms with Gasteiger partial charge in [-0.05, 0) is 24.1 Å². The fourth-order valence-corrected chi connectivity index (χ4v) is 3.62. The second-order valence-corrected chi connectivity index (χ2v) is 7.48. The zero-order valence-electron chi connectivity index (χ0n) is 15.5. The zero-order valence-corrected chi connectivity index (χ0v) is 16.3. The summed E-state index contributed by atoms with van der Waals surface area (Å²) in [6.45, 7) is 0.141. The SMILES string of the molecule is O=C(CCn1nnc2ccccc2c1=O)Nc1nnc(CCc2ccccc2)s1. The Morgan fingerprint density at radius 2 is 1.76 bits per heavy atom. The van der Waals surface area contributed by atoms with E-state index >= 15 is 0 Å². The first-order chi connectivity index (χ1) is 14.2. The summed E-state index contributed by atoms with van der Waals surface area (Å²) in [4.78, 5) is 24.6. The molecular weight excluding hydrogens is 388 g/mol. The molecule has 4 rings (SSSR count). The molecule has 0 spiro atoms. The van der Waals surface area contributed by atoms with Gasteiger partial charge in [-0.1, -0.05) is 59.0 Å². The summed E-state index contributed by atoms with van der Waals surface area (Å²) in [5.74, 6) is -0.252. The third-order valence-corrected chi connectivity index (χ3v) is 5.26. The van der Waals surface area contributed by atoms with Gasteiger partial charge in [0.15, 0.2) is 0 Å². The van der Waals surface area contributed by atoms with Gasteiger partial charge in [0.25, 0.3) is 5.56 Å². The summed E-state index contributed by atoms with van der Waals surface area (Å²) >= 11 is 1.36. The summed E-state index contributed by atoms with van der Waals surface area (Å²) in [5.41, 5.74) is 1.51. The molecule has 0 aliphatic rings. The van der Waals surface area contributed by atoms with Crippen molar-refractivity contribution < 1.29 is 4.79 Å². The Labute approximate surface area is 170 Å². The Balaban J connectivity index is 1.32. The molecule has 0 saturated heterocycles. The summed E-state index contributed by atoms with van der Waals surface area (Å²) in [6, 6.07) is 17.1. The van der Waals surface area contributed by atoms with Crippen molar-refractivity contribution in [2.24, 2.45) is 0 Å². The third kappa shape index (κ3) is 4.69. The number of hydrogen-bond donors (Lipinski definition) is 1. The molecule has 0 aliphatic carbocycles. The van der Waals surface area contributed by atoms with E-state index in [1.54, 1.807) is 24.3 Å². The fraction of sp³-hybridized carbons (Fsp3) is 0.200. The van der Waals surface area contributed by atoms with Crippen molar-refractivity contribution in [3.63, 3.8) is 0 Å². The van der Waals surface area contributed by atoms with Gasteiger partial charge in [0.1, 0.15) is 10.5 Å².